The summed E-state index contributed by atoms with van der Waals surface area (Å²) in [6.45, 7) is 6.72. The smallest absolute Gasteiger partial charge is 0.262 e. The van der Waals surface area contributed by atoms with E-state index in [0.717, 1.165) is 24.8 Å². The second-order valence-electron chi connectivity index (χ2n) is 8.13. The Labute approximate surface area is 180 Å². The van der Waals surface area contributed by atoms with Crippen molar-refractivity contribution in [2.24, 2.45) is 0 Å². The molecule has 0 spiro atoms. The van der Waals surface area contributed by atoms with Crippen molar-refractivity contribution in [3.8, 4) is 0 Å². The predicted octanol–water partition coefficient (Wildman–Crippen LogP) is 5.65. The monoisotopic (exact) mass is 424 g/mol. The minimum Gasteiger partial charge on any atom is -0.338 e. The molecule has 0 radical (unpaired) electrons. The lowest BCUT2D eigenvalue weighted by molar-refractivity contribution is 0.372. The number of allylic oxidation sites excluding steroid dienone is 2. The number of aromatic nitrogens is 4. The van der Waals surface area contributed by atoms with Gasteiger partial charge < -0.3 is 4.52 Å². The molecule has 0 saturated carbocycles. The van der Waals surface area contributed by atoms with E-state index in [1.807, 2.05) is 49.6 Å². The Morgan fingerprint density at radius 2 is 2.00 bits per heavy atom. The summed E-state index contributed by atoms with van der Waals surface area (Å²) in [5.74, 6) is 1.47. The molecule has 0 N–H and O–H groups in total. The van der Waals surface area contributed by atoms with Crippen LogP contribution in [0.25, 0.3) is 10.9 Å². The topological polar surface area (TPSA) is 73.8 Å². The highest BCUT2D eigenvalue weighted by Crippen LogP contribution is 2.34. The van der Waals surface area contributed by atoms with Gasteiger partial charge in [-0.3, -0.25) is 9.36 Å². The maximum Gasteiger partial charge on any atom is 0.262 e. The van der Waals surface area contributed by atoms with Crippen molar-refractivity contribution < 1.29 is 4.52 Å². The Balaban J connectivity index is 1.65. The fourth-order valence-corrected chi connectivity index (χ4v) is 4.64. The molecule has 3 aromatic rings. The Bertz CT molecular complexity index is 1120. The Kier molecular flexibility index (Phi) is 6.37. The van der Waals surface area contributed by atoms with E-state index in [9.17, 15) is 4.79 Å². The first kappa shape index (κ1) is 20.8. The van der Waals surface area contributed by atoms with Gasteiger partial charge >= 0.3 is 0 Å². The summed E-state index contributed by atoms with van der Waals surface area (Å²) in [7, 11) is 0. The molecule has 2 heterocycles. The lowest BCUT2D eigenvalue weighted by Gasteiger charge is -2.17. The lowest BCUT2D eigenvalue weighted by Crippen LogP contribution is -2.24. The van der Waals surface area contributed by atoms with Crippen LogP contribution in [-0.4, -0.2) is 19.7 Å². The molecule has 2 aromatic heterocycles. The summed E-state index contributed by atoms with van der Waals surface area (Å²) in [6.07, 6.45) is 8.01. The van der Waals surface area contributed by atoms with E-state index in [0.29, 0.717) is 28.8 Å². The van der Waals surface area contributed by atoms with Gasteiger partial charge in [0.25, 0.3) is 5.56 Å². The second kappa shape index (κ2) is 9.16. The van der Waals surface area contributed by atoms with Crippen molar-refractivity contribution in [1.29, 1.82) is 0 Å². The van der Waals surface area contributed by atoms with Gasteiger partial charge in [0, 0.05) is 12.5 Å². The fraction of sp³-hybridized carbons (Fsp3) is 0.478. The maximum atomic E-state index is 13.3. The van der Waals surface area contributed by atoms with Crippen molar-refractivity contribution in [1.82, 2.24) is 19.7 Å². The molecule has 30 heavy (non-hydrogen) atoms. The van der Waals surface area contributed by atoms with Gasteiger partial charge in [-0.2, -0.15) is 4.98 Å². The normalized spacial score (nSPS) is 15.5. The highest BCUT2D eigenvalue weighted by Gasteiger charge is 2.21. The number of thioether (sulfide) groups is 1. The molecule has 158 valence electrons. The predicted molar refractivity (Wildman–Crippen MR) is 120 cm³/mol. The summed E-state index contributed by atoms with van der Waals surface area (Å²) in [4.78, 5) is 22.6. The molecule has 1 aliphatic rings. The van der Waals surface area contributed by atoms with Crippen molar-refractivity contribution in [3.63, 3.8) is 0 Å². The summed E-state index contributed by atoms with van der Waals surface area (Å²) in [5.41, 5.74) is 2.18. The van der Waals surface area contributed by atoms with Gasteiger partial charge in [-0.05, 0) is 51.2 Å². The van der Waals surface area contributed by atoms with Crippen LogP contribution in [0.2, 0.25) is 0 Å². The van der Waals surface area contributed by atoms with Crippen LogP contribution in [0.4, 0.5) is 0 Å². The Hall–Kier alpha value is -2.41. The van der Waals surface area contributed by atoms with Crippen LogP contribution >= 0.6 is 11.8 Å². The SMILES string of the molecule is CC(C)c1noc(C(C)Sc2nc3ccccc3c(=O)n2CCC2=CCCCC2)n1. The average molecular weight is 425 g/mol. The third-order valence-electron chi connectivity index (χ3n) is 5.47. The number of hydrogen-bond donors (Lipinski definition) is 0. The molecule has 0 saturated heterocycles. The first-order valence-corrected chi connectivity index (χ1v) is 11.6. The molecule has 0 amide bonds. The minimum atomic E-state index is -0.0989. The van der Waals surface area contributed by atoms with Gasteiger partial charge in [0.1, 0.15) is 0 Å². The van der Waals surface area contributed by atoms with E-state index in [4.69, 9.17) is 9.51 Å². The van der Waals surface area contributed by atoms with E-state index >= 15 is 0 Å². The first-order chi connectivity index (χ1) is 14.5. The van der Waals surface area contributed by atoms with Crippen LogP contribution in [-0.2, 0) is 6.54 Å². The van der Waals surface area contributed by atoms with Crippen molar-refractivity contribution in [3.05, 3.63) is 58.0 Å². The number of hydrogen-bond acceptors (Lipinski definition) is 6. The fourth-order valence-electron chi connectivity index (χ4n) is 3.68. The molecule has 0 aliphatic heterocycles. The quantitative estimate of drug-likeness (QED) is 0.277. The zero-order valence-electron chi connectivity index (χ0n) is 17.8. The number of benzene rings is 1. The van der Waals surface area contributed by atoms with E-state index in [1.165, 1.54) is 30.2 Å². The van der Waals surface area contributed by atoms with Gasteiger partial charge in [0.05, 0.1) is 16.2 Å². The molecule has 1 unspecified atom stereocenters. The standard InChI is InChI=1S/C23H28N4O2S/c1-15(2)20-25-21(29-26-20)16(3)30-23-24-19-12-8-7-11-18(19)22(28)27(23)14-13-17-9-5-4-6-10-17/h7-9,11-12,15-16H,4-6,10,13-14H2,1-3H3. The van der Waals surface area contributed by atoms with E-state index in [2.05, 4.69) is 16.2 Å². The zero-order chi connectivity index (χ0) is 21.1. The second-order valence-corrected chi connectivity index (χ2v) is 9.44. The number of rotatable bonds is 7. The minimum absolute atomic E-state index is 0.0140. The van der Waals surface area contributed by atoms with Gasteiger partial charge in [0.15, 0.2) is 11.0 Å². The molecule has 1 atom stereocenters. The molecule has 1 aromatic carbocycles. The molecule has 6 nitrogen and oxygen atoms in total. The van der Waals surface area contributed by atoms with Crippen molar-refractivity contribution >= 4 is 22.7 Å². The van der Waals surface area contributed by atoms with Crippen molar-refractivity contribution in [2.75, 3.05) is 0 Å². The molecule has 0 bridgehead atoms. The zero-order valence-corrected chi connectivity index (χ0v) is 18.6. The Morgan fingerprint density at radius 1 is 1.17 bits per heavy atom. The highest BCUT2D eigenvalue weighted by molar-refractivity contribution is 7.99. The largest absolute Gasteiger partial charge is 0.338 e. The third-order valence-corrected chi connectivity index (χ3v) is 6.55. The summed E-state index contributed by atoms with van der Waals surface area (Å²) in [5, 5.41) is 5.33. The van der Waals surface area contributed by atoms with Gasteiger partial charge in [-0.25, -0.2) is 4.98 Å². The summed E-state index contributed by atoms with van der Waals surface area (Å²) >= 11 is 1.50. The third kappa shape index (κ3) is 4.51. The number of nitrogens with zero attached hydrogens (tertiary/aromatic N) is 4. The number of para-hydroxylation sites is 1. The highest BCUT2D eigenvalue weighted by atomic mass is 32.2. The summed E-state index contributed by atoms with van der Waals surface area (Å²) < 4.78 is 7.28. The molecule has 1 aliphatic carbocycles. The first-order valence-electron chi connectivity index (χ1n) is 10.7. The van der Waals surface area contributed by atoms with Crippen LogP contribution in [0.15, 0.2) is 50.4 Å². The van der Waals surface area contributed by atoms with E-state index in [1.54, 1.807) is 0 Å². The van der Waals surface area contributed by atoms with Crippen LogP contribution in [0.1, 0.15) is 75.8 Å². The van der Waals surface area contributed by atoms with Crippen LogP contribution in [0.3, 0.4) is 0 Å². The average Bonchev–Trinajstić information content (AvgIpc) is 3.25. The summed E-state index contributed by atoms with van der Waals surface area (Å²) in [6, 6.07) is 7.55. The van der Waals surface area contributed by atoms with E-state index in [-0.39, 0.29) is 16.7 Å². The number of fused-ring (bicyclic) bond motifs is 1. The maximum absolute atomic E-state index is 13.3. The Morgan fingerprint density at radius 3 is 2.73 bits per heavy atom. The molecule has 7 heteroatoms. The van der Waals surface area contributed by atoms with Crippen LogP contribution in [0, 0.1) is 0 Å². The molecule has 4 rings (SSSR count). The van der Waals surface area contributed by atoms with Gasteiger partial charge in [-0.15, -0.1) is 0 Å². The lowest BCUT2D eigenvalue weighted by atomic mass is 9.97. The molecule has 0 fully saturated rings. The van der Waals surface area contributed by atoms with Crippen molar-refractivity contribution in [2.45, 2.75) is 75.7 Å². The van der Waals surface area contributed by atoms with Gasteiger partial charge in [0.2, 0.25) is 5.89 Å². The van der Waals surface area contributed by atoms with Crippen LogP contribution in [0.5, 0.6) is 0 Å². The van der Waals surface area contributed by atoms with Gasteiger partial charge in [-0.1, -0.05) is 54.5 Å². The molecular weight excluding hydrogens is 396 g/mol. The molecular formula is C23H28N4O2S. The van der Waals surface area contributed by atoms with E-state index < -0.39 is 0 Å². The van der Waals surface area contributed by atoms with Crippen LogP contribution < -0.4 is 5.56 Å².